The Morgan fingerprint density at radius 1 is 1.17 bits per heavy atom. The third kappa shape index (κ3) is 4.48. The number of hydrogen-bond donors (Lipinski definition) is 0. The van der Waals surface area contributed by atoms with Gasteiger partial charge in [-0.3, -0.25) is 14.0 Å². The van der Waals surface area contributed by atoms with E-state index in [2.05, 4.69) is 28.8 Å². The molecule has 9 heteroatoms. The fourth-order valence-corrected chi connectivity index (χ4v) is 5.40. The van der Waals surface area contributed by atoms with Gasteiger partial charge in [0.1, 0.15) is 0 Å². The number of allylic oxidation sites excluding steroid dienone is 1. The lowest BCUT2D eigenvalue weighted by Crippen LogP contribution is -2.40. The van der Waals surface area contributed by atoms with Gasteiger partial charge >= 0.3 is 5.97 Å². The van der Waals surface area contributed by atoms with Crippen LogP contribution in [0.15, 0.2) is 51.5 Å². The van der Waals surface area contributed by atoms with Crippen LogP contribution in [0, 0.1) is 6.92 Å². The summed E-state index contributed by atoms with van der Waals surface area (Å²) in [6, 6.07) is 7.43. The number of rotatable bonds is 7. The monoisotopic (exact) mass is 493 g/mol. The van der Waals surface area contributed by atoms with Crippen LogP contribution >= 0.6 is 11.3 Å². The summed E-state index contributed by atoms with van der Waals surface area (Å²) in [5.41, 5.74) is 4.52. The molecule has 2 aromatic heterocycles. The number of carbonyl (C=O) groups excluding carboxylic acids is 1. The molecule has 0 fully saturated rings. The van der Waals surface area contributed by atoms with Gasteiger partial charge in [-0.05, 0) is 58.4 Å². The Labute approximate surface area is 208 Å². The van der Waals surface area contributed by atoms with Crippen LogP contribution in [0.25, 0.3) is 6.08 Å². The summed E-state index contributed by atoms with van der Waals surface area (Å²) in [5, 5.41) is 4.27. The van der Waals surface area contributed by atoms with Gasteiger partial charge in [0.05, 0.1) is 34.6 Å². The molecule has 0 aliphatic carbocycles. The first-order chi connectivity index (χ1) is 16.8. The zero-order valence-corrected chi connectivity index (χ0v) is 21.8. The van der Waals surface area contributed by atoms with Crippen molar-refractivity contribution >= 4 is 29.1 Å². The van der Waals surface area contributed by atoms with Crippen molar-refractivity contribution in [3.8, 4) is 0 Å². The zero-order chi connectivity index (χ0) is 25.3. The van der Waals surface area contributed by atoms with Crippen molar-refractivity contribution in [2.45, 2.75) is 40.7 Å². The molecule has 1 unspecified atom stereocenters. The molecule has 0 saturated carbocycles. The largest absolute Gasteiger partial charge is 0.463 e. The second kappa shape index (κ2) is 10.0. The first kappa shape index (κ1) is 24.7. The molecule has 0 bridgehead atoms. The second-order valence-corrected chi connectivity index (χ2v) is 9.38. The van der Waals surface area contributed by atoms with Crippen molar-refractivity contribution in [1.82, 2.24) is 14.3 Å². The minimum absolute atomic E-state index is 0.191. The molecule has 1 aliphatic rings. The van der Waals surface area contributed by atoms with Crippen LogP contribution in [0.5, 0.6) is 0 Å². The highest BCUT2D eigenvalue weighted by molar-refractivity contribution is 7.07. The Kier molecular flexibility index (Phi) is 7.07. The summed E-state index contributed by atoms with van der Waals surface area (Å²) in [6.07, 6.45) is 3.59. The van der Waals surface area contributed by atoms with Crippen molar-refractivity contribution in [2.75, 3.05) is 24.6 Å². The highest BCUT2D eigenvalue weighted by atomic mass is 32.1. The molecule has 8 nitrogen and oxygen atoms in total. The number of benzene rings is 1. The molecule has 3 heterocycles. The van der Waals surface area contributed by atoms with Crippen molar-refractivity contribution in [3.63, 3.8) is 0 Å². The SMILES string of the molecule is CCOC(=O)C1=C(C)N=c2sc(=Cc3cnn(C)c3C)c(=O)n2C1c1ccc(N(CC)CC)cc1. The highest BCUT2D eigenvalue weighted by Gasteiger charge is 2.33. The molecule has 1 atom stereocenters. The van der Waals surface area contributed by atoms with E-state index in [1.54, 1.807) is 29.3 Å². The number of hydrogen-bond acceptors (Lipinski definition) is 7. The summed E-state index contributed by atoms with van der Waals surface area (Å²) in [5.74, 6) is -0.455. The first-order valence-corrected chi connectivity index (χ1v) is 12.6. The van der Waals surface area contributed by atoms with Crippen molar-refractivity contribution in [2.24, 2.45) is 12.0 Å². The van der Waals surface area contributed by atoms with Crippen molar-refractivity contribution < 1.29 is 9.53 Å². The average molecular weight is 494 g/mol. The lowest BCUT2D eigenvalue weighted by molar-refractivity contribution is -0.139. The lowest BCUT2D eigenvalue weighted by Gasteiger charge is -2.26. The Hall–Kier alpha value is -3.46. The van der Waals surface area contributed by atoms with E-state index in [4.69, 9.17) is 4.74 Å². The van der Waals surface area contributed by atoms with E-state index in [1.165, 1.54) is 11.3 Å². The third-order valence-corrected chi connectivity index (χ3v) is 7.40. The topological polar surface area (TPSA) is 81.7 Å². The van der Waals surface area contributed by atoms with E-state index >= 15 is 0 Å². The van der Waals surface area contributed by atoms with E-state index in [9.17, 15) is 9.59 Å². The summed E-state index contributed by atoms with van der Waals surface area (Å²) in [4.78, 5) is 34.2. The first-order valence-electron chi connectivity index (χ1n) is 11.8. The van der Waals surface area contributed by atoms with Gasteiger partial charge in [-0.2, -0.15) is 5.10 Å². The molecule has 0 spiro atoms. The number of aryl methyl sites for hydroxylation is 1. The maximum absolute atomic E-state index is 13.7. The van der Waals surface area contributed by atoms with E-state index in [-0.39, 0.29) is 12.2 Å². The van der Waals surface area contributed by atoms with Crippen LogP contribution in [0.3, 0.4) is 0 Å². The highest BCUT2D eigenvalue weighted by Crippen LogP contribution is 2.31. The van der Waals surface area contributed by atoms with Crippen LogP contribution < -0.4 is 19.8 Å². The second-order valence-electron chi connectivity index (χ2n) is 8.38. The van der Waals surface area contributed by atoms with E-state index in [0.717, 1.165) is 35.6 Å². The predicted molar refractivity (Wildman–Crippen MR) is 138 cm³/mol. The van der Waals surface area contributed by atoms with Crippen LogP contribution in [0.2, 0.25) is 0 Å². The number of carbonyl (C=O) groups is 1. The summed E-state index contributed by atoms with van der Waals surface area (Å²) in [7, 11) is 1.87. The van der Waals surface area contributed by atoms with E-state index < -0.39 is 12.0 Å². The molecule has 0 N–H and O–H groups in total. The lowest BCUT2D eigenvalue weighted by atomic mass is 9.95. The Morgan fingerprint density at radius 3 is 2.43 bits per heavy atom. The van der Waals surface area contributed by atoms with Gasteiger partial charge in [-0.1, -0.05) is 23.5 Å². The van der Waals surface area contributed by atoms with Crippen LogP contribution in [0.4, 0.5) is 5.69 Å². The smallest absolute Gasteiger partial charge is 0.338 e. The van der Waals surface area contributed by atoms with Gasteiger partial charge in [0.2, 0.25) is 0 Å². The molecule has 1 aliphatic heterocycles. The maximum atomic E-state index is 13.7. The van der Waals surface area contributed by atoms with Gasteiger partial charge in [0.25, 0.3) is 5.56 Å². The van der Waals surface area contributed by atoms with Gasteiger partial charge < -0.3 is 9.64 Å². The summed E-state index contributed by atoms with van der Waals surface area (Å²) in [6.45, 7) is 11.8. The van der Waals surface area contributed by atoms with Crippen molar-refractivity contribution in [1.29, 1.82) is 0 Å². The number of ether oxygens (including phenoxy) is 1. The molecule has 0 radical (unpaired) electrons. The van der Waals surface area contributed by atoms with Gasteiger partial charge in [0.15, 0.2) is 4.80 Å². The molecule has 0 amide bonds. The van der Waals surface area contributed by atoms with Crippen LogP contribution in [-0.4, -0.2) is 40.0 Å². The minimum atomic E-state index is -0.617. The predicted octanol–water partition coefficient (Wildman–Crippen LogP) is 2.69. The molecular formula is C26H31N5O3S. The number of nitrogens with zero attached hydrogens (tertiary/aromatic N) is 5. The maximum Gasteiger partial charge on any atom is 0.338 e. The van der Waals surface area contributed by atoms with Gasteiger partial charge in [0, 0.05) is 37.1 Å². The minimum Gasteiger partial charge on any atom is -0.463 e. The van der Waals surface area contributed by atoms with Gasteiger partial charge in [-0.15, -0.1) is 0 Å². The summed E-state index contributed by atoms with van der Waals surface area (Å²) < 4.78 is 9.31. The zero-order valence-electron chi connectivity index (χ0n) is 21.0. The molecule has 1 aromatic carbocycles. The molecular weight excluding hydrogens is 462 g/mol. The van der Waals surface area contributed by atoms with E-state index in [0.29, 0.717) is 20.6 Å². The number of thiazole rings is 1. The number of fused-ring (bicyclic) bond motifs is 1. The number of esters is 1. The van der Waals surface area contributed by atoms with Gasteiger partial charge in [-0.25, -0.2) is 9.79 Å². The third-order valence-electron chi connectivity index (χ3n) is 6.41. The fraction of sp³-hybridized carbons (Fsp3) is 0.385. The molecule has 184 valence electrons. The summed E-state index contributed by atoms with van der Waals surface area (Å²) >= 11 is 1.32. The Balaban J connectivity index is 1.91. The molecule has 4 rings (SSSR count). The molecule has 0 saturated heterocycles. The number of anilines is 1. The quantitative estimate of drug-likeness (QED) is 0.473. The van der Waals surface area contributed by atoms with Crippen molar-refractivity contribution in [3.05, 3.63) is 78.2 Å². The molecule has 35 heavy (non-hydrogen) atoms. The van der Waals surface area contributed by atoms with Crippen LogP contribution in [-0.2, 0) is 16.6 Å². The number of aromatic nitrogens is 3. The fourth-order valence-electron chi connectivity index (χ4n) is 4.36. The van der Waals surface area contributed by atoms with E-state index in [1.807, 2.05) is 44.3 Å². The van der Waals surface area contributed by atoms with Crippen LogP contribution in [0.1, 0.15) is 50.6 Å². The molecule has 3 aromatic rings. The standard InChI is InChI=1S/C26H31N5O3S/c1-7-30(8-2)20-12-10-18(11-13-20)23-22(25(33)34-9-3)16(4)28-26-31(23)24(32)21(35-26)14-19-15-27-29(6)17(19)5/h10-15,23H,7-9H2,1-6H3. The normalized spacial score (nSPS) is 15.7. The Bertz CT molecular complexity index is 1460. The Morgan fingerprint density at radius 2 is 1.86 bits per heavy atom. The average Bonchev–Trinajstić information content (AvgIpc) is 3.32.